The van der Waals surface area contributed by atoms with Crippen molar-refractivity contribution in [2.75, 3.05) is 18.5 Å². The Balaban J connectivity index is 1.44. The first-order valence-electron chi connectivity index (χ1n) is 11.3. The molecule has 0 spiro atoms. The number of alkyl halides is 3. The molecule has 204 valence electrons. The van der Waals surface area contributed by atoms with Crippen molar-refractivity contribution in [1.82, 2.24) is 15.3 Å². The summed E-state index contributed by atoms with van der Waals surface area (Å²) in [5.74, 6) is -1.38. The maximum absolute atomic E-state index is 13.4. The van der Waals surface area contributed by atoms with E-state index in [-0.39, 0.29) is 64.6 Å². The maximum atomic E-state index is 13.4. The molecular weight excluding hydrogens is 562 g/mol. The van der Waals surface area contributed by atoms with Crippen LogP contribution in [-0.4, -0.2) is 46.3 Å². The first-order valence-corrected chi connectivity index (χ1v) is 12.1. The Morgan fingerprint density at radius 3 is 2.64 bits per heavy atom. The van der Waals surface area contributed by atoms with E-state index in [1.54, 1.807) is 0 Å². The molecule has 3 aromatic rings. The van der Waals surface area contributed by atoms with Gasteiger partial charge in [-0.15, -0.1) is 0 Å². The van der Waals surface area contributed by atoms with Gasteiger partial charge in [-0.25, -0.2) is 4.99 Å². The second-order valence-electron chi connectivity index (χ2n) is 8.60. The van der Waals surface area contributed by atoms with Crippen molar-refractivity contribution in [2.45, 2.75) is 19.1 Å². The molecule has 9 nitrogen and oxygen atoms in total. The number of carbonyl (C=O) groups is 2. The number of hydrogen-bond acceptors (Lipinski definition) is 7. The van der Waals surface area contributed by atoms with E-state index in [1.165, 1.54) is 49.1 Å². The number of carbonyl (C=O) groups excluding carboxylic acids is 2. The van der Waals surface area contributed by atoms with Crippen LogP contribution < -0.4 is 10.6 Å². The zero-order valence-corrected chi connectivity index (χ0v) is 21.4. The summed E-state index contributed by atoms with van der Waals surface area (Å²) < 4.78 is 45.5. The van der Waals surface area contributed by atoms with Crippen molar-refractivity contribution in [3.05, 3.63) is 75.8 Å². The molecule has 1 aliphatic heterocycles. The quantitative estimate of drug-likeness (QED) is 0.328. The SMILES string of the molecule is O=C(N=CC1(C(=O)NCc2ncc(Nc3ccc(Cl)cc3C(F)(F)F)cc2Cl)CCOC1)c1cncc(O)c1. The van der Waals surface area contributed by atoms with Gasteiger partial charge < -0.3 is 20.5 Å². The number of nitrogens with one attached hydrogen (secondary N) is 2. The van der Waals surface area contributed by atoms with Crippen LogP contribution in [0.25, 0.3) is 0 Å². The molecule has 1 saturated heterocycles. The Labute approximate surface area is 230 Å². The van der Waals surface area contributed by atoms with E-state index in [9.17, 15) is 27.9 Å². The van der Waals surface area contributed by atoms with Crippen molar-refractivity contribution in [3.63, 3.8) is 0 Å². The topological polar surface area (TPSA) is 126 Å². The first-order chi connectivity index (χ1) is 18.5. The number of amides is 2. The van der Waals surface area contributed by atoms with E-state index in [0.29, 0.717) is 0 Å². The predicted octanol–water partition coefficient (Wildman–Crippen LogP) is 5.19. The average Bonchev–Trinajstić information content (AvgIpc) is 3.37. The molecule has 0 aliphatic carbocycles. The number of nitrogens with zero attached hydrogens (tertiary/aromatic N) is 3. The van der Waals surface area contributed by atoms with Crippen LogP contribution in [0.15, 0.2) is 53.9 Å². The molecule has 2 aromatic heterocycles. The number of pyridine rings is 2. The number of aromatic nitrogens is 2. The summed E-state index contributed by atoms with van der Waals surface area (Å²) in [4.78, 5) is 37.2. The number of aliphatic imine (C=N–C) groups is 1. The van der Waals surface area contributed by atoms with E-state index >= 15 is 0 Å². The highest BCUT2D eigenvalue weighted by Gasteiger charge is 2.41. The van der Waals surface area contributed by atoms with E-state index in [1.807, 2.05) is 0 Å². The lowest BCUT2D eigenvalue weighted by Crippen LogP contribution is -2.42. The third-order valence-corrected chi connectivity index (χ3v) is 6.37. The van der Waals surface area contributed by atoms with Crippen LogP contribution in [0.5, 0.6) is 5.75 Å². The van der Waals surface area contributed by atoms with Crippen LogP contribution in [0.3, 0.4) is 0 Å². The summed E-state index contributed by atoms with van der Waals surface area (Å²) >= 11 is 12.0. The second kappa shape index (κ2) is 11.6. The zero-order chi connectivity index (χ0) is 28.2. The lowest BCUT2D eigenvalue weighted by molar-refractivity contribution is -0.137. The summed E-state index contributed by atoms with van der Waals surface area (Å²) in [6, 6.07) is 5.90. The maximum Gasteiger partial charge on any atom is 0.418 e. The van der Waals surface area contributed by atoms with E-state index in [2.05, 4.69) is 25.6 Å². The molecule has 0 bridgehead atoms. The lowest BCUT2D eigenvalue weighted by Gasteiger charge is -2.21. The van der Waals surface area contributed by atoms with Gasteiger partial charge in [-0.3, -0.25) is 19.6 Å². The minimum atomic E-state index is -4.64. The van der Waals surface area contributed by atoms with Crippen LogP contribution in [0, 0.1) is 5.41 Å². The van der Waals surface area contributed by atoms with Crippen molar-refractivity contribution in [3.8, 4) is 5.75 Å². The summed E-state index contributed by atoms with van der Waals surface area (Å²) in [5, 5.41) is 14.9. The molecule has 2 amide bonds. The van der Waals surface area contributed by atoms with Crippen molar-refractivity contribution in [1.29, 1.82) is 0 Å². The van der Waals surface area contributed by atoms with Gasteiger partial charge in [0.25, 0.3) is 5.91 Å². The van der Waals surface area contributed by atoms with Gasteiger partial charge in [-0.1, -0.05) is 23.2 Å². The van der Waals surface area contributed by atoms with Gasteiger partial charge in [-0.05, 0) is 36.8 Å². The Morgan fingerprint density at radius 2 is 1.97 bits per heavy atom. The van der Waals surface area contributed by atoms with Gasteiger partial charge in [-0.2, -0.15) is 13.2 Å². The molecule has 39 heavy (non-hydrogen) atoms. The van der Waals surface area contributed by atoms with Gasteiger partial charge in [0.05, 0.1) is 58.8 Å². The summed E-state index contributed by atoms with van der Waals surface area (Å²) in [7, 11) is 0. The molecule has 1 unspecified atom stereocenters. The van der Waals surface area contributed by atoms with Gasteiger partial charge in [0, 0.05) is 24.0 Å². The highest BCUT2D eigenvalue weighted by atomic mass is 35.5. The number of hydrogen-bond donors (Lipinski definition) is 3. The number of anilines is 2. The van der Waals surface area contributed by atoms with Crippen LogP contribution in [0.1, 0.15) is 28.0 Å². The fourth-order valence-corrected chi connectivity index (χ4v) is 4.15. The minimum Gasteiger partial charge on any atom is -0.506 e. The van der Waals surface area contributed by atoms with Gasteiger partial charge >= 0.3 is 6.18 Å². The Kier molecular flexibility index (Phi) is 8.38. The molecule has 1 atom stereocenters. The number of rotatable bonds is 7. The minimum absolute atomic E-state index is 0.0133. The summed E-state index contributed by atoms with van der Waals surface area (Å²) in [6.07, 6.45) is 0.525. The third kappa shape index (κ3) is 6.83. The molecule has 1 aromatic carbocycles. The average molecular weight is 582 g/mol. The summed E-state index contributed by atoms with van der Waals surface area (Å²) in [5.41, 5.74) is -1.91. The molecular formula is C25H20Cl2F3N5O4. The smallest absolute Gasteiger partial charge is 0.418 e. The number of benzene rings is 1. The van der Waals surface area contributed by atoms with Gasteiger partial charge in [0.15, 0.2) is 0 Å². The standard InChI is InChI=1S/C25H20Cl2F3N5O4/c26-15-1-2-20(18(6-15)25(28,29)30)35-16-7-19(27)21(32-9-16)11-33-23(38)24(3-4-39-13-24)12-34-22(37)14-5-17(36)10-31-8-14/h1-2,5-10,12,35-36H,3-4,11,13H2,(H,33,38). The Morgan fingerprint density at radius 1 is 1.18 bits per heavy atom. The number of halogens is 5. The molecule has 0 saturated carbocycles. The van der Waals surface area contributed by atoms with Crippen LogP contribution in [-0.2, 0) is 22.3 Å². The highest BCUT2D eigenvalue weighted by molar-refractivity contribution is 6.31. The summed E-state index contributed by atoms with van der Waals surface area (Å²) in [6.45, 7) is 0.151. The molecule has 14 heteroatoms. The second-order valence-corrected chi connectivity index (χ2v) is 9.45. The normalized spacial score (nSPS) is 17.4. The molecule has 0 radical (unpaired) electrons. The van der Waals surface area contributed by atoms with Crippen LogP contribution in [0.4, 0.5) is 24.5 Å². The van der Waals surface area contributed by atoms with Crippen molar-refractivity contribution in [2.24, 2.45) is 10.4 Å². The van der Waals surface area contributed by atoms with Crippen LogP contribution in [0.2, 0.25) is 10.0 Å². The van der Waals surface area contributed by atoms with Crippen molar-refractivity contribution < 1.29 is 32.6 Å². The molecule has 1 fully saturated rings. The fourth-order valence-electron chi connectivity index (χ4n) is 3.74. The molecule has 1 aliphatic rings. The first kappa shape index (κ1) is 28.3. The Bertz CT molecular complexity index is 1430. The zero-order valence-electron chi connectivity index (χ0n) is 19.9. The van der Waals surface area contributed by atoms with E-state index in [0.717, 1.165) is 6.07 Å². The number of ether oxygens (including phenoxy) is 1. The fraction of sp³-hybridized carbons (Fsp3) is 0.240. The molecule has 3 N–H and O–H groups in total. The van der Waals surface area contributed by atoms with Gasteiger partial charge in [0.1, 0.15) is 11.2 Å². The van der Waals surface area contributed by atoms with Crippen LogP contribution >= 0.6 is 23.2 Å². The number of aromatic hydroxyl groups is 1. The van der Waals surface area contributed by atoms with E-state index < -0.39 is 29.0 Å². The van der Waals surface area contributed by atoms with E-state index in [4.69, 9.17) is 27.9 Å². The largest absolute Gasteiger partial charge is 0.506 e. The highest BCUT2D eigenvalue weighted by Crippen LogP contribution is 2.38. The molecule has 3 heterocycles. The molecule has 4 rings (SSSR count). The van der Waals surface area contributed by atoms with Crippen molar-refractivity contribution >= 4 is 52.6 Å². The third-order valence-electron chi connectivity index (χ3n) is 5.80. The lowest BCUT2D eigenvalue weighted by atomic mass is 9.87. The monoisotopic (exact) mass is 581 g/mol. The van der Waals surface area contributed by atoms with Gasteiger partial charge in [0.2, 0.25) is 5.91 Å². The Hall–Kier alpha value is -3.74. The predicted molar refractivity (Wildman–Crippen MR) is 137 cm³/mol.